The molecule has 4 nitrogen and oxygen atoms in total. The number of likely N-dealkylation sites (N-methyl/N-ethyl adjacent to an activating group) is 1. The van der Waals surface area contributed by atoms with E-state index in [9.17, 15) is 4.79 Å². The number of rotatable bonds is 9. The van der Waals surface area contributed by atoms with Crippen LogP contribution in [0, 0.1) is 0 Å². The van der Waals surface area contributed by atoms with Crippen LogP contribution in [0.5, 0.6) is 5.75 Å². The number of ether oxygens (including phenoxy) is 1. The lowest BCUT2D eigenvalue weighted by molar-refractivity contribution is -0.116. The fourth-order valence-corrected chi connectivity index (χ4v) is 2.89. The Kier molecular flexibility index (Phi) is 8.12. The normalized spacial score (nSPS) is 10.7. The van der Waals surface area contributed by atoms with Crippen molar-refractivity contribution in [3.63, 3.8) is 0 Å². The third kappa shape index (κ3) is 6.98. The van der Waals surface area contributed by atoms with Crippen molar-refractivity contribution in [1.82, 2.24) is 4.90 Å². The zero-order valence-electron chi connectivity index (χ0n) is 14.5. The summed E-state index contributed by atoms with van der Waals surface area (Å²) < 4.78 is 5.66. The molecule has 0 fully saturated rings. The molecule has 0 spiro atoms. The Balaban J connectivity index is 1.67. The van der Waals surface area contributed by atoms with Crippen LogP contribution in [-0.2, 0) is 4.79 Å². The summed E-state index contributed by atoms with van der Waals surface area (Å²) in [6.07, 6.45) is 2.44. The molecule has 0 bridgehead atoms. The van der Waals surface area contributed by atoms with Gasteiger partial charge in [-0.05, 0) is 49.7 Å². The smallest absolute Gasteiger partial charge is 0.225 e. The molecule has 2 rings (SSSR count). The molecule has 2 aromatic carbocycles. The van der Waals surface area contributed by atoms with Crippen molar-refractivity contribution in [2.75, 3.05) is 38.3 Å². The second-order valence-electron chi connectivity index (χ2n) is 5.60. The number of anilines is 1. The van der Waals surface area contributed by atoms with Gasteiger partial charge in [0.25, 0.3) is 0 Å². The number of benzene rings is 2. The van der Waals surface area contributed by atoms with Gasteiger partial charge in [0.2, 0.25) is 5.91 Å². The molecule has 1 N–H and O–H groups in total. The van der Waals surface area contributed by atoms with Crippen LogP contribution < -0.4 is 10.1 Å². The second-order valence-corrected chi connectivity index (χ2v) is 6.89. The third-order valence-electron chi connectivity index (χ3n) is 3.66. The molecule has 0 aromatic heterocycles. The molecular formula is C19H23ClN2O2S. The predicted molar refractivity (Wildman–Crippen MR) is 106 cm³/mol. The quantitative estimate of drug-likeness (QED) is 0.656. The lowest BCUT2D eigenvalue weighted by atomic mass is 10.3. The molecule has 0 unspecified atom stereocenters. The Bertz CT molecular complexity index is 679. The first-order chi connectivity index (χ1) is 12.1. The molecular weight excluding hydrogens is 356 g/mol. The summed E-state index contributed by atoms with van der Waals surface area (Å²) in [6.45, 7) is 1.99. The molecule has 0 saturated carbocycles. The van der Waals surface area contributed by atoms with Gasteiger partial charge in [-0.3, -0.25) is 4.79 Å². The van der Waals surface area contributed by atoms with Crippen molar-refractivity contribution in [2.45, 2.75) is 11.3 Å². The first kappa shape index (κ1) is 19.6. The summed E-state index contributed by atoms with van der Waals surface area (Å²) in [6, 6.07) is 15.1. The van der Waals surface area contributed by atoms with Gasteiger partial charge in [-0.1, -0.05) is 23.7 Å². The number of amides is 1. The van der Waals surface area contributed by atoms with E-state index < -0.39 is 0 Å². The van der Waals surface area contributed by atoms with E-state index in [1.165, 1.54) is 0 Å². The van der Waals surface area contributed by atoms with Gasteiger partial charge in [0.05, 0.1) is 5.69 Å². The van der Waals surface area contributed by atoms with E-state index in [0.29, 0.717) is 24.6 Å². The first-order valence-electron chi connectivity index (χ1n) is 8.08. The zero-order valence-corrected chi connectivity index (χ0v) is 16.1. The van der Waals surface area contributed by atoms with Crippen molar-refractivity contribution >= 4 is 35.0 Å². The average molecular weight is 379 g/mol. The Morgan fingerprint density at radius 3 is 2.60 bits per heavy atom. The van der Waals surface area contributed by atoms with Crippen LogP contribution in [0.3, 0.4) is 0 Å². The molecule has 25 heavy (non-hydrogen) atoms. The van der Waals surface area contributed by atoms with Crippen molar-refractivity contribution in [3.8, 4) is 5.75 Å². The van der Waals surface area contributed by atoms with Crippen LogP contribution in [0.1, 0.15) is 6.42 Å². The molecule has 0 heterocycles. The molecule has 0 atom stereocenters. The molecule has 0 aliphatic carbocycles. The highest BCUT2D eigenvalue weighted by Crippen LogP contribution is 2.24. The largest absolute Gasteiger partial charge is 0.492 e. The fourth-order valence-electron chi connectivity index (χ4n) is 2.21. The van der Waals surface area contributed by atoms with Crippen molar-refractivity contribution in [3.05, 3.63) is 53.6 Å². The molecule has 134 valence electrons. The lowest BCUT2D eigenvalue weighted by Crippen LogP contribution is -2.28. The minimum absolute atomic E-state index is 0.0203. The predicted octanol–water partition coefficient (Wildman–Crippen LogP) is 4.40. The van der Waals surface area contributed by atoms with Gasteiger partial charge in [0, 0.05) is 29.4 Å². The van der Waals surface area contributed by atoms with E-state index in [1.54, 1.807) is 23.9 Å². The molecule has 0 saturated heterocycles. The van der Waals surface area contributed by atoms with Gasteiger partial charge in [-0.2, -0.15) is 0 Å². The Morgan fingerprint density at radius 1 is 1.16 bits per heavy atom. The number of hydrogen-bond donors (Lipinski definition) is 1. The van der Waals surface area contributed by atoms with Crippen LogP contribution in [0.25, 0.3) is 0 Å². The summed E-state index contributed by atoms with van der Waals surface area (Å²) in [5.41, 5.74) is 0.869. The summed E-state index contributed by atoms with van der Waals surface area (Å²) in [4.78, 5) is 15.3. The van der Waals surface area contributed by atoms with E-state index in [0.717, 1.165) is 22.9 Å². The average Bonchev–Trinajstić information content (AvgIpc) is 2.62. The van der Waals surface area contributed by atoms with E-state index >= 15 is 0 Å². The van der Waals surface area contributed by atoms with E-state index in [-0.39, 0.29) is 5.91 Å². The van der Waals surface area contributed by atoms with Gasteiger partial charge in [0.15, 0.2) is 0 Å². The van der Waals surface area contributed by atoms with Gasteiger partial charge >= 0.3 is 0 Å². The van der Waals surface area contributed by atoms with Crippen LogP contribution in [0.4, 0.5) is 5.69 Å². The fraction of sp³-hybridized carbons (Fsp3) is 0.316. The minimum atomic E-state index is 0.0203. The summed E-state index contributed by atoms with van der Waals surface area (Å²) in [7, 11) is 1.98. The van der Waals surface area contributed by atoms with Crippen LogP contribution in [-0.4, -0.2) is 43.8 Å². The highest BCUT2D eigenvalue weighted by molar-refractivity contribution is 7.98. The SMILES string of the molecule is CSc1ccccc1NC(=O)CCN(C)CCOc1ccc(Cl)cc1. The number of nitrogens with zero attached hydrogens (tertiary/aromatic N) is 1. The maximum Gasteiger partial charge on any atom is 0.225 e. The van der Waals surface area contributed by atoms with Crippen molar-refractivity contribution in [1.29, 1.82) is 0 Å². The molecule has 0 radical (unpaired) electrons. The summed E-state index contributed by atoms with van der Waals surface area (Å²) >= 11 is 7.46. The number of carbonyl (C=O) groups is 1. The molecule has 1 amide bonds. The monoisotopic (exact) mass is 378 g/mol. The van der Waals surface area contributed by atoms with Gasteiger partial charge < -0.3 is 15.0 Å². The van der Waals surface area contributed by atoms with Gasteiger partial charge in [-0.15, -0.1) is 11.8 Å². The first-order valence-corrected chi connectivity index (χ1v) is 9.68. The molecule has 2 aromatic rings. The lowest BCUT2D eigenvalue weighted by Gasteiger charge is -2.17. The van der Waals surface area contributed by atoms with Gasteiger partial charge in [-0.25, -0.2) is 0 Å². The maximum absolute atomic E-state index is 12.1. The molecule has 0 aliphatic rings. The topological polar surface area (TPSA) is 41.6 Å². The number of para-hydroxylation sites is 1. The Labute approximate surface area is 158 Å². The van der Waals surface area contributed by atoms with Gasteiger partial charge in [0.1, 0.15) is 12.4 Å². The Morgan fingerprint density at radius 2 is 1.88 bits per heavy atom. The highest BCUT2D eigenvalue weighted by Gasteiger charge is 2.08. The summed E-state index contributed by atoms with van der Waals surface area (Å²) in [5.74, 6) is 0.816. The number of carbonyl (C=O) groups excluding carboxylic acids is 1. The number of halogens is 1. The molecule has 0 aliphatic heterocycles. The van der Waals surface area contributed by atoms with Crippen LogP contribution >= 0.6 is 23.4 Å². The standard InChI is InChI=1S/C19H23ClN2O2S/c1-22(13-14-24-16-9-7-15(20)8-10-16)12-11-19(23)21-17-5-3-4-6-18(17)25-2/h3-10H,11-14H2,1-2H3,(H,21,23). The van der Waals surface area contributed by atoms with E-state index in [1.807, 2.05) is 49.7 Å². The number of hydrogen-bond acceptors (Lipinski definition) is 4. The van der Waals surface area contributed by atoms with Crippen molar-refractivity contribution in [2.24, 2.45) is 0 Å². The number of thioether (sulfide) groups is 1. The molecule has 6 heteroatoms. The van der Waals surface area contributed by atoms with E-state index in [4.69, 9.17) is 16.3 Å². The Hall–Kier alpha value is -1.69. The second kappa shape index (κ2) is 10.3. The number of nitrogens with one attached hydrogen (secondary N) is 1. The zero-order chi connectivity index (χ0) is 18.1. The maximum atomic E-state index is 12.1. The van der Waals surface area contributed by atoms with Crippen molar-refractivity contribution < 1.29 is 9.53 Å². The highest BCUT2D eigenvalue weighted by atomic mass is 35.5. The third-order valence-corrected chi connectivity index (χ3v) is 4.70. The van der Waals surface area contributed by atoms with Crippen LogP contribution in [0.2, 0.25) is 5.02 Å². The minimum Gasteiger partial charge on any atom is -0.492 e. The van der Waals surface area contributed by atoms with Crippen LogP contribution in [0.15, 0.2) is 53.4 Å². The van der Waals surface area contributed by atoms with E-state index in [2.05, 4.69) is 10.2 Å². The summed E-state index contributed by atoms with van der Waals surface area (Å²) in [5, 5.41) is 3.67.